The van der Waals surface area contributed by atoms with Crippen molar-refractivity contribution in [2.45, 2.75) is 89.3 Å². The molecule has 1 aromatic rings. The molecule has 3 heterocycles. The first kappa shape index (κ1) is 23.2. The van der Waals surface area contributed by atoms with Gasteiger partial charge in [0.15, 0.2) is 0 Å². The normalized spacial score (nSPS) is 25.2. The molecule has 3 aliphatic rings. The monoisotopic (exact) mass is 509 g/mol. The van der Waals surface area contributed by atoms with Crippen molar-refractivity contribution < 1.29 is 9.59 Å². The summed E-state index contributed by atoms with van der Waals surface area (Å²) in [6, 6.07) is 1.86. The molecule has 1 saturated carbocycles. The first-order valence-corrected chi connectivity index (χ1v) is 13.8. The van der Waals surface area contributed by atoms with Crippen LogP contribution in [0.1, 0.15) is 76.0 Å². The summed E-state index contributed by atoms with van der Waals surface area (Å²) >= 11 is 5.30. The maximum atomic E-state index is 13.6. The molecular weight excluding hydrogens is 474 g/mol. The van der Waals surface area contributed by atoms with Gasteiger partial charge in [-0.1, -0.05) is 45.4 Å². The molecular formula is C24H36BrN3O2S. The highest BCUT2D eigenvalue weighted by Crippen LogP contribution is 2.36. The van der Waals surface area contributed by atoms with Crippen molar-refractivity contribution in [3.63, 3.8) is 0 Å². The van der Waals surface area contributed by atoms with Crippen LogP contribution >= 0.6 is 27.3 Å². The predicted octanol–water partition coefficient (Wildman–Crippen LogP) is 4.94. The highest BCUT2D eigenvalue weighted by Gasteiger charge is 2.53. The molecule has 1 N–H and O–H groups in total. The molecule has 31 heavy (non-hydrogen) atoms. The third-order valence-electron chi connectivity index (χ3n) is 7.52. The lowest BCUT2D eigenvalue weighted by Gasteiger charge is -2.52. The highest BCUT2D eigenvalue weighted by atomic mass is 79.9. The van der Waals surface area contributed by atoms with Crippen LogP contribution in [-0.4, -0.2) is 52.8 Å². The van der Waals surface area contributed by atoms with E-state index in [4.69, 9.17) is 0 Å². The number of nitrogens with one attached hydrogen (secondary N) is 1. The number of thiophene rings is 1. The van der Waals surface area contributed by atoms with Gasteiger partial charge in [0.2, 0.25) is 11.8 Å². The fourth-order valence-electron chi connectivity index (χ4n) is 5.67. The van der Waals surface area contributed by atoms with Crippen LogP contribution in [0.3, 0.4) is 0 Å². The van der Waals surface area contributed by atoms with Crippen LogP contribution in [0.5, 0.6) is 0 Å². The topological polar surface area (TPSA) is 52.7 Å². The van der Waals surface area contributed by atoms with Crippen molar-refractivity contribution in [1.29, 1.82) is 0 Å². The average Bonchev–Trinajstić information content (AvgIpc) is 3.19. The molecule has 1 atom stereocenters. The fraction of sp³-hybridized carbons (Fsp3) is 0.750. The van der Waals surface area contributed by atoms with E-state index in [0.717, 1.165) is 56.2 Å². The summed E-state index contributed by atoms with van der Waals surface area (Å²) in [5, 5.41) is 5.31. The Morgan fingerprint density at radius 2 is 1.94 bits per heavy atom. The van der Waals surface area contributed by atoms with Gasteiger partial charge < -0.3 is 10.2 Å². The van der Waals surface area contributed by atoms with Gasteiger partial charge in [0, 0.05) is 40.9 Å². The van der Waals surface area contributed by atoms with Crippen LogP contribution in [0.25, 0.3) is 0 Å². The molecule has 5 nitrogen and oxygen atoms in total. The molecule has 1 aliphatic carbocycles. The molecule has 2 saturated heterocycles. The Morgan fingerprint density at radius 1 is 1.19 bits per heavy atom. The molecule has 0 radical (unpaired) electrons. The van der Waals surface area contributed by atoms with Crippen LogP contribution in [-0.2, 0) is 16.1 Å². The quantitative estimate of drug-likeness (QED) is 0.565. The van der Waals surface area contributed by atoms with Gasteiger partial charge in [0.05, 0.1) is 0 Å². The fourth-order valence-corrected chi connectivity index (χ4v) is 7.16. The summed E-state index contributed by atoms with van der Waals surface area (Å²) in [4.78, 5) is 32.8. The summed E-state index contributed by atoms with van der Waals surface area (Å²) in [5.74, 6) is 0.855. The second kappa shape index (κ2) is 10.3. The molecule has 1 aromatic heterocycles. The lowest BCUT2D eigenvalue weighted by molar-refractivity contribution is -0.162. The first-order valence-electron chi connectivity index (χ1n) is 12.1. The largest absolute Gasteiger partial charge is 0.342 e. The van der Waals surface area contributed by atoms with Gasteiger partial charge in [0.25, 0.3) is 0 Å². The standard InChI is InChI=1S/C24H36BrN3O2S/c1-2-3-11-28-22(29)21(14-18-7-5-4-6-8-18)26-23(30)24(28)9-12-27(13-10-24)16-20-15-19(25)17-31-20/h15,17-18,21H,2-14,16H2,1H3,(H,26,30). The zero-order chi connectivity index (χ0) is 21.8. The highest BCUT2D eigenvalue weighted by molar-refractivity contribution is 9.10. The Labute approximate surface area is 199 Å². The third-order valence-corrected chi connectivity index (χ3v) is 9.20. The molecule has 2 amide bonds. The van der Waals surface area contributed by atoms with Gasteiger partial charge in [-0.2, -0.15) is 0 Å². The maximum absolute atomic E-state index is 13.6. The Morgan fingerprint density at radius 3 is 2.58 bits per heavy atom. The van der Waals surface area contributed by atoms with Gasteiger partial charge in [-0.05, 0) is 53.6 Å². The van der Waals surface area contributed by atoms with Crippen molar-refractivity contribution in [2.24, 2.45) is 5.92 Å². The second-order valence-electron chi connectivity index (χ2n) is 9.65. The van der Waals surface area contributed by atoms with E-state index in [1.54, 1.807) is 11.3 Å². The number of rotatable bonds is 7. The van der Waals surface area contributed by atoms with Crippen molar-refractivity contribution in [2.75, 3.05) is 19.6 Å². The Balaban J connectivity index is 1.44. The summed E-state index contributed by atoms with van der Waals surface area (Å²) in [6.07, 6.45) is 10.5. The molecule has 2 aliphatic heterocycles. The minimum absolute atomic E-state index is 0.0996. The molecule has 0 aromatic carbocycles. The number of hydrogen-bond donors (Lipinski definition) is 1. The van der Waals surface area contributed by atoms with E-state index in [0.29, 0.717) is 12.5 Å². The number of unbranched alkanes of at least 4 members (excludes halogenated alkanes) is 1. The maximum Gasteiger partial charge on any atom is 0.246 e. The van der Waals surface area contributed by atoms with Crippen molar-refractivity contribution in [1.82, 2.24) is 15.1 Å². The van der Waals surface area contributed by atoms with Gasteiger partial charge in [-0.25, -0.2) is 0 Å². The molecule has 4 rings (SSSR count). The third kappa shape index (κ3) is 5.19. The molecule has 0 bridgehead atoms. The smallest absolute Gasteiger partial charge is 0.246 e. The molecule has 1 spiro atoms. The van der Waals surface area contributed by atoms with Crippen molar-refractivity contribution >= 4 is 39.1 Å². The van der Waals surface area contributed by atoms with Crippen LogP contribution in [0, 0.1) is 5.92 Å². The number of amides is 2. The molecule has 1 unspecified atom stereocenters. The second-order valence-corrected chi connectivity index (χ2v) is 11.6. The van der Waals surface area contributed by atoms with Crippen LogP contribution in [0.4, 0.5) is 0 Å². The average molecular weight is 511 g/mol. The Kier molecular flexibility index (Phi) is 7.76. The van der Waals surface area contributed by atoms with E-state index in [9.17, 15) is 9.59 Å². The number of piperidine rings is 1. The zero-order valence-electron chi connectivity index (χ0n) is 18.7. The minimum atomic E-state index is -0.651. The van der Waals surface area contributed by atoms with Crippen LogP contribution < -0.4 is 5.32 Å². The van der Waals surface area contributed by atoms with Crippen molar-refractivity contribution in [3.8, 4) is 0 Å². The van der Waals surface area contributed by atoms with Gasteiger partial charge >= 0.3 is 0 Å². The van der Waals surface area contributed by atoms with E-state index < -0.39 is 5.54 Å². The number of halogens is 1. The van der Waals surface area contributed by atoms with Gasteiger partial charge in [-0.15, -0.1) is 11.3 Å². The number of likely N-dealkylation sites (tertiary alicyclic amines) is 1. The van der Waals surface area contributed by atoms with Gasteiger partial charge in [0.1, 0.15) is 11.6 Å². The number of carbonyl (C=O) groups is 2. The number of carbonyl (C=O) groups excluding carboxylic acids is 2. The summed E-state index contributed by atoms with van der Waals surface area (Å²) in [7, 11) is 0. The lowest BCUT2D eigenvalue weighted by Crippen LogP contribution is -2.73. The van der Waals surface area contributed by atoms with E-state index in [2.05, 4.69) is 44.5 Å². The lowest BCUT2D eigenvalue weighted by atomic mass is 9.79. The van der Waals surface area contributed by atoms with E-state index in [1.807, 2.05) is 4.90 Å². The zero-order valence-corrected chi connectivity index (χ0v) is 21.1. The van der Waals surface area contributed by atoms with E-state index in [-0.39, 0.29) is 17.9 Å². The number of hydrogen-bond acceptors (Lipinski definition) is 4. The SMILES string of the molecule is CCCCN1C(=O)C(CC2CCCCC2)NC(=O)C12CCN(Cc1cc(Br)cs1)CC2. The molecule has 172 valence electrons. The number of nitrogens with zero attached hydrogens (tertiary/aromatic N) is 2. The van der Waals surface area contributed by atoms with Crippen LogP contribution in [0.15, 0.2) is 15.9 Å². The van der Waals surface area contributed by atoms with Crippen molar-refractivity contribution in [3.05, 3.63) is 20.8 Å². The summed E-state index contributed by atoms with van der Waals surface area (Å²) in [5.41, 5.74) is -0.651. The van der Waals surface area contributed by atoms with Crippen LogP contribution in [0.2, 0.25) is 0 Å². The predicted molar refractivity (Wildman–Crippen MR) is 129 cm³/mol. The summed E-state index contributed by atoms with van der Waals surface area (Å²) in [6.45, 7) is 5.49. The first-order chi connectivity index (χ1) is 15.0. The minimum Gasteiger partial charge on any atom is -0.342 e. The molecule has 7 heteroatoms. The molecule has 3 fully saturated rings. The van der Waals surface area contributed by atoms with E-state index in [1.165, 1.54) is 37.0 Å². The summed E-state index contributed by atoms with van der Waals surface area (Å²) < 4.78 is 1.13. The van der Waals surface area contributed by atoms with E-state index >= 15 is 0 Å². The number of piperazine rings is 1. The Hall–Kier alpha value is -0.920. The Bertz CT molecular complexity index is 769. The van der Waals surface area contributed by atoms with Gasteiger partial charge in [-0.3, -0.25) is 14.5 Å².